The highest BCUT2D eigenvalue weighted by Gasteiger charge is 2.16. The molecule has 30 heavy (non-hydrogen) atoms. The smallest absolute Gasteiger partial charge is 0.239 e. The maximum absolute atomic E-state index is 12.6. The van der Waals surface area contributed by atoms with Gasteiger partial charge in [0, 0.05) is 24.8 Å². The van der Waals surface area contributed by atoms with Gasteiger partial charge in [-0.3, -0.25) is 4.79 Å². The molecule has 0 aliphatic carbocycles. The fraction of sp³-hybridized carbons (Fsp3) is 0.320. The van der Waals surface area contributed by atoms with Gasteiger partial charge in [-0.1, -0.05) is 54.6 Å². The van der Waals surface area contributed by atoms with Crippen molar-refractivity contribution in [3.63, 3.8) is 0 Å². The largest absolute Gasteiger partial charge is 0.370 e. The Bertz CT molecular complexity index is 998. The number of likely N-dealkylation sites (N-methyl/N-ethyl adjacent to an activating group) is 1. The van der Waals surface area contributed by atoms with Gasteiger partial charge in [0.05, 0.1) is 19.8 Å². The molecule has 0 spiro atoms. The van der Waals surface area contributed by atoms with E-state index in [0.717, 1.165) is 38.5 Å². The van der Waals surface area contributed by atoms with Crippen LogP contribution in [0.25, 0.3) is 10.8 Å². The van der Waals surface area contributed by atoms with Gasteiger partial charge in [-0.2, -0.15) is 0 Å². The van der Waals surface area contributed by atoms with E-state index < -0.39 is 0 Å². The number of morpholine rings is 1. The predicted octanol–water partition coefficient (Wildman–Crippen LogP) is 2.01. The number of hydrogen-bond acceptors (Lipinski definition) is 3. The quantitative estimate of drug-likeness (QED) is 0.633. The molecule has 0 aromatic heterocycles. The number of carbonyl (C=O) groups excluding carboxylic acids is 1. The molecular formula is C25H30N3O2+. The van der Waals surface area contributed by atoms with Crippen LogP contribution in [-0.4, -0.2) is 45.8 Å². The molecule has 4 rings (SSSR count). The first-order chi connectivity index (χ1) is 14.7. The van der Waals surface area contributed by atoms with Gasteiger partial charge in [0.2, 0.25) is 5.91 Å². The summed E-state index contributed by atoms with van der Waals surface area (Å²) in [6, 6.07) is 23.0. The molecule has 0 bridgehead atoms. The minimum absolute atomic E-state index is 0.0270. The van der Waals surface area contributed by atoms with Gasteiger partial charge in [0.1, 0.15) is 19.6 Å². The van der Waals surface area contributed by atoms with E-state index >= 15 is 0 Å². The van der Waals surface area contributed by atoms with E-state index in [1.807, 2.05) is 30.1 Å². The molecule has 1 saturated heterocycles. The van der Waals surface area contributed by atoms with Crippen molar-refractivity contribution in [3.8, 4) is 0 Å². The molecule has 0 radical (unpaired) electrons. The number of carbonyl (C=O) groups is 1. The van der Waals surface area contributed by atoms with Gasteiger partial charge >= 0.3 is 0 Å². The lowest BCUT2D eigenvalue weighted by atomic mass is 10.1. The summed E-state index contributed by atoms with van der Waals surface area (Å²) in [7, 11) is 1.96. The summed E-state index contributed by atoms with van der Waals surface area (Å²) in [6.45, 7) is 5.60. The van der Waals surface area contributed by atoms with Crippen LogP contribution in [0.2, 0.25) is 0 Å². The second kappa shape index (κ2) is 9.74. The zero-order valence-electron chi connectivity index (χ0n) is 17.6. The van der Waals surface area contributed by atoms with Gasteiger partial charge < -0.3 is 19.9 Å². The molecule has 3 aromatic carbocycles. The first kappa shape index (κ1) is 20.4. The van der Waals surface area contributed by atoms with E-state index in [1.54, 1.807) is 0 Å². The number of nitrogens with zero attached hydrogens (tertiary/aromatic N) is 1. The molecule has 0 unspecified atom stereocenters. The number of ether oxygens (including phenoxy) is 1. The molecule has 0 atom stereocenters. The zero-order chi connectivity index (χ0) is 20.8. The molecule has 1 aliphatic rings. The zero-order valence-corrected chi connectivity index (χ0v) is 17.6. The molecule has 5 nitrogen and oxygen atoms in total. The van der Waals surface area contributed by atoms with E-state index in [2.05, 4.69) is 53.8 Å². The van der Waals surface area contributed by atoms with Crippen LogP contribution in [0.3, 0.4) is 0 Å². The Morgan fingerprint density at radius 3 is 2.47 bits per heavy atom. The highest BCUT2D eigenvalue weighted by atomic mass is 16.5. The number of nitrogens with one attached hydrogen (secondary N) is 2. The van der Waals surface area contributed by atoms with Crippen LogP contribution in [0.5, 0.6) is 0 Å². The van der Waals surface area contributed by atoms with Crippen molar-refractivity contribution in [1.82, 2.24) is 5.32 Å². The lowest BCUT2D eigenvalue weighted by Crippen LogP contribution is -3.12. The highest BCUT2D eigenvalue weighted by molar-refractivity contribution is 5.87. The highest BCUT2D eigenvalue weighted by Crippen LogP contribution is 2.21. The van der Waals surface area contributed by atoms with Crippen molar-refractivity contribution >= 4 is 22.4 Å². The molecule has 5 heteroatoms. The van der Waals surface area contributed by atoms with E-state index in [-0.39, 0.29) is 5.91 Å². The monoisotopic (exact) mass is 404 g/mol. The summed E-state index contributed by atoms with van der Waals surface area (Å²) >= 11 is 0. The first-order valence-corrected chi connectivity index (χ1v) is 10.6. The summed E-state index contributed by atoms with van der Waals surface area (Å²) < 4.78 is 5.46. The van der Waals surface area contributed by atoms with Gasteiger partial charge in [-0.15, -0.1) is 0 Å². The van der Waals surface area contributed by atoms with Crippen LogP contribution in [0.1, 0.15) is 11.1 Å². The Morgan fingerprint density at radius 2 is 1.67 bits per heavy atom. The molecule has 2 N–H and O–H groups in total. The molecule has 1 aliphatic heterocycles. The van der Waals surface area contributed by atoms with Crippen molar-refractivity contribution in [2.24, 2.45) is 0 Å². The van der Waals surface area contributed by atoms with Crippen molar-refractivity contribution in [2.45, 2.75) is 13.1 Å². The summed E-state index contributed by atoms with van der Waals surface area (Å²) in [5.74, 6) is 0.0270. The topological polar surface area (TPSA) is 46.0 Å². The average Bonchev–Trinajstić information content (AvgIpc) is 2.79. The number of anilines is 1. The van der Waals surface area contributed by atoms with Gasteiger partial charge in [-0.05, 0) is 28.5 Å². The minimum atomic E-state index is 0.0270. The molecule has 1 fully saturated rings. The number of hydrogen-bond donors (Lipinski definition) is 2. The summed E-state index contributed by atoms with van der Waals surface area (Å²) in [6.07, 6.45) is 0. The molecule has 156 valence electrons. The molecule has 1 amide bonds. The Labute approximate surface area is 178 Å². The fourth-order valence-corrected chi connectivity index (χ4v) is 3.98. The van der Waals surface area contributed by atoms with E-state index in [4.69, 9.17) is 4.74 Å². The maximum Gasteiger partial charge on any atom is 0.239 e. The van der Waals surface area contributed by atoms with Crippen LogP contribution in [0, 0.1) is 0 Å². The third kappa shape index (κ3) is 5.17. The SMILES string of the molecule is CN(CC(=O)NCc1ccccc1C[NH+]1CCOCC1)c1ccc2ccccc2c1. The van der Waals surface area contributed by atoms with Crippen molar-refractivity contribution < 1.29 is 14.4 Å². The molecular weight excluding hydrogens is 374 g/mol. The fourth-order valence-electron chi connectivity index (χ4n) is 3.98. The lowest BCUT2D eigenvalue weighted by Gasteiger charge is -2.25. The summed E-state index contributed by atoms with van der Waals surface area (Å²) in [5.41, 5.74) is 3.54. The Balaban J connectivity index is 1.34. The van der Waals surface area contributed by atoms with Crippen LogP contribution in [-0.2, 0) is 22.6 Å². The average molecular weight is 405 g/mol. The second-order valence-electron chi connectivity index (χ2n) is 7.97. The van der Waals surface area contributed by atoms with E-state index in [0.29, 0.717) is 13.1 Å². The lowest BCUT2D eigenvalue weighted by molar-refractivity contribution is -0.921. The van der Waals surface area contributed by atoms with Crippen molar-refractivity contribution in [2.75, 3.05) is 44.8 Å². The van der Waals surface area contributed by atoms with Crippen molar-refractivity contribution in [1.29, 1.82) is 0 Å². The first-order valence-electron chi connectivity index (χ1n) is 10.6. The Morgan fingerprint density at radius 1 is 0.967 bits per heavy atom. The number of benzene rings is 3. The van der Waals surface area contributed by atoms with Crippen LogP contribution in [0.15, 0.2) is 66.7 Å². The number of fused-ring (bicyclic) bond motifs is 1. The second-order valence-corrected chi connectivity index (χ2v) is 7.97. The number of rotatable bonds is 7. The third-order valence-corrected chi connectivity index (χ3v) is 5.79. The van der Waals surface area contributed by atoms with Gasteiger partial charge in [-0.25, -0.2) is 0 Å². The van der Waals surface area contributed by atoms with Gasteiger partial charge in [0.25, 0.3) is 0 Å². The predicted molar refractivity (Wildman–Crippen MR) is 121 cm³/mol. The normalized spacial score (nSPS) is 14.6. The third-order valence-electron chi connectivity index (χ3n) is 5.79. The van der Waals surface area contributed by atoms with E-state index in [1.165, 1.54) is 26.8 Å². The number of quaternary nitrogens is 1. The van der Waals surface area contributed by atoms with Gasteiger partial charge in [0.15, 0.2) is 0 Å². The van der Waals surface area contributed by atoms with Crippen molar-refractivity contribution in [3.05, 3.63) is 77.9 Å². The van der Waals surface area contributed by atoms with Crippen LogP contribution in [0.4, 0.5) is 5.69 Å². The summed E-state index contributed by atoms with van der Waals surface area (Å²) in [4.78, 5) is 16.1. The molecule has 0 saturated carbocycles. The number of amides is 1. The van der Waals surface area contributed by atoms with Crippen LogP contribution >= 0.6 is 0 Å². The molecule has 3 aromatic rings. The minimum Gasteiger partial charge on any atom is -0.370 e. The molecule has 1 heterocycles. The van der Waals surface area contributed by atoms with Crippen LogP contribution < -0.4 is 15.1 Å². The summed E-state index contributed by atoms with van der Waals surface area (Å²) in [5, 5.41) is 5.49. The van der Waals surface area contributed by atoms with E-state index in [9.17, 15) is 4.79 Å². The Hall–Kier alpha value is -2.89. The maximum atomic E-state index is 12.6. The standard InChI is InChI=1S/C25H29N3O2/c1-27(24-11-10-20-6-2-3-7-21(20)16-24)19-25(29)26-17-22-8-4-5-9-23(22)18-28-12-14-30-15-13-28/h2-11,16H,12-15,17-19H2,1H3,(H,26,29)/p+1. The Kier molecular flexibility index (Phi) is 6.62.